The van der Waals surface area contributed by atoms with E-state index in [0.717, 1.165) is 0 Å². The number of hydrogen-bond donors (Lipinski definition) is 2. The van der Waals surface area contributed by atoms with Crippen LogP contribution in [-0.2, 0) is 9.59 Å². The van der Waals surface area contributed by atoms with Gasteiger partial charge in [0, 0.05) is 22.9 Å². The highest BCUT2D eigenvalue weighted by molar-refractivity contribution is 6.15. The molecule has 2 N–H and O–H groups in total. The molecule has 0 bridgehead atoms. The summed E-state index contributed by atoms with van der Waals surface area (Å²) in [7, 11) is 3.01. The molecule has 4 rings (SSSR count). The van der Waals surface area contributed by atoms with Crippen LogP contribution in [0.4, 0.5) is 15.8 Å². The van der Waals surface area contributed by atoms with E-state index in [9.17, 15) is 9.59 Å². The van der Waals surface area contributed by atoms with Gasteiger partial charge in [-0.2, -0.15) is 0 Å². The molecule has 190 valence electrons. The number of aliphatic imine (C=N–C) groups is 1. The molecule has 1 aliphatic heterocycles. The van der Waals surface area contributed by atoms with Gasteiger partial charge in [0.05, 0.1) is 31.5 Å². The predicted octanol–water partition coefficient (Wildman–Crippen LogP) is 5.57. The molecule has 8 heteroatoms. The number of amides is 2. The van der Waals surface area contributed by atoms with Crippen LogP contribution in [0, 0.1) is 11.7 Å². The first-order valence-corrected chi connectivity index (χ1v) is 11.7. The second-order valence-electron chi connectivity index (χ2n) is 8.57. The number of nitrogens with zero attached hydrogens (tertiary/aromatic N) is 1. The number of ether oxygens (including phenoxy) is 2. The van der Waals surface area contributed by atoms with Crippen LogP contribution in [0.5, 0.6) is 11.5 Å². The first-order chi connectivity index (χ1) is 17.8. The van der Waals surface area contributed by atoms with Crippen LogP contribution in [0.2, 0.25) is 0 Å². The quantitative estimate of drug-likeness (QED) is 0.443. The van der Waals surface area contributed by atoms with Crippen molar-refractivity contribution in [2.24, 2.45) is 10.9 Å². The molecule has 2 atom stereocenters. The molecule has 7 nitrogen and oxygen atoms in total. The molecule has 0 aliphatic carbocycles. The third kappa shape index (κ3) is 5.23. The van der Waals surface area contributed by atoms with Crippen molar-refractivity contribution in [3.05, 3.63) is 95.4 Å². The summed E-state index contributed by atoms with van der Waals surface area (Å²) in [6.45, 7) is 3.39. The van der Waals surface area contributed by atoms with E-state index in [-0.39, 0.29) is 11.1 Å². The zero-order valence-corrected chi connectivity index (χ0v) is 21.0. The molecule has 3 aromatic carbocycles. The normalized spacial score (nSPS) is 17.1. The molecule has 3 aromatic rings. The van der Waals surface area contributed by atoms with Gasteiger partial charge in [-0.05, 0) is 49.7 Å². The van der Waals surface area contributed by atoms with E-state index in [0.29, 0.717) is 34.3 Å². The molecule has 1 unspecified atom stereocenters. The van der Waals surface area contributed by atoms with Crippen molar-refractivity contribution < 1.29 is 23.5 Å². The van der Waals surface area contributed by atoms with Crippen molar-refractivity contribution in [1.29, 1.82) is 0 Å². The van der Waals surface area contributed by atoms with E-state index >= 15 is 4.39 Å². The fraction of sp³-hybridized carbons (Fsp3) is 0.207. The third-order valence-electron chi connectivity index (χ3n) is 6.32. The Labute approximate surface area is 215 Å². The lowest BCUT2D eigenvalue weighted by atomic mass is 9.74. The molecule has 0 fully saturated rings. The Morgan fingerprint density at radius 3 is 1.95 bits per heavy atom. The Morgan fingerprint density at radius 1 is 0.811 bits per heavy atom. The van der Waals surface area contributed by atoms with E-state index in [1.54, 1.807) is 80.6 Å². The smallest absolute Gasteiger partial charge is 0.254 e. The molecule has 0 radical (unpaired) electrons. The summed E-state index contributed by atoms with van der Waals surface area (Å²) in [5.74, 6) is -2.39. The molecule has 0 spiro atoms. The standard InChI is InChI=1S/C29H28FN3O4/c1-17-25(28(34)32-21-13-7-9-15-23(21)36-3)27(19-11-5-6-12-20(19)30)26(18(2)31-17)29(35)33-22-14-8-10-16-24(22)37-4/h5-16,25,27H,1-4H3,(H,32,34)(H,33,35)/t25?,27-/m1/s1. The Bertz CT molecular complexity index is 1400. The molecular weight excluding hydrogens is 473 g/mol. The van der Waals surface area contributed by atoms with Crippen molar-refractivity contribution >= 4 is 28.9 Å². The minimum atomic E-state index is -0.955. The van der Waals surface area contributed by atoms with Gasteiger partial charge < -0.3 is 20.1 Å². The van der Waals surface area contributed by atoms with Crippen LogP contribution >= 0.6 is 0 Å². The van der Waals surface area contributed by atoms with Crippen LogP contribution < -0.4 is 20.1 Å². The lowest BCUT2D eigenvalue weighted by Crippen LogP contribution is -2.39. The summed E-state index contributed by atoms with van der Waals surface area (Å²) in [6.07, 6.45) is 0. The van der Waals surface area contributed by atoms with Crippen molar-refractivity contribution in [1.82, 2.24) is 0 Å². The summed E-state index contributed by atoms with van der Waals surface area (Å²) in [6, 6.07) is 20.1. The average molecular weight is 502 g/mol. The number of anilines is 2. The number of carbonyl (C=O) groups excluding carboxylic acids is 2. The fourth-order valence-electron chi connectivity index (χ4n) is 4.63. The molecule has 37 heavy (non-hydrogen) atoms. The Kier molecular flexibility index (Phi) is 7.67. The predicted molar refractivity (Wildman–Crippen MR) is 142 cm³/mol. The number of methoxy groups -OCH3 is 2. The van der Waals surface area contributed by atoms with Crippen molar-refractivity contribution in [2.75, 3.05) is 24.9 Å². The maximum absolute atomic E-state index is 15.2. The molecule has 0 saturated heterocycles. The largest absolute Gasteiger partial charge is 0.495 e. The van der Waals surface area contributed by atoms with Gasteiger partial charge in [0.1, 0.15) is 17.3 Å². The van der Waals surface area contributed by atoms with E-state index in [1.807, 2.05) is 0 Å². The van der Waals surface area contributed by atoms with Gasteiger partial charge in [0.2, 0.25) is 5.91 Å². The molecule has 0 saturated carbocycles. The summed E-state index contributed by atoms with van der Waals surface area (Å²) < 4.78 is 26.0. The zero-order chi connectivity index (χ0) is 26.5. The first-order valence-electron chi connectivity index (χ1n) is 11.7. The maximum Gasteiger partial charge on any atom is 0.254 e. The SMILES string of the molecule is COc1ccccc1NC(=O)C1=C(C)N=C(C)C(C(=O)Nc2ccccc2OC)[C@H]1c1ccccc1F. The number of halogens is 1. The second-order valence-corrected chi connectivity index (χ2v) is 8.57. The van der Waals surface area contributed by atoms with Crippen molar-refractivity contribution in [2.45, 2.75) is 19.8 Å². The van der Waals surface area contributed by atoms with Gasteiger partial charge in [-0.1, -0.05) is 42.5 Å². The zero-order valence-electron chi connectivity index (χ0n) is 21.0. The van der Waals surface area contributed by atoms with Gasteiger partial charge in [-0.25, -0.2) is 4.39 Å². The highest BCUT2D eigenvalue weighted by Crippen LogP contribution is 2.41. The topological polar surface area (TPSA) is 89.0 Å². The summed E-state index contributed by atoms with van der Waals surface area (Å²) >= 11 is 0. The van der Waals surface area contributed by atoms with Gasteiger partial charge in [0.25, 0.3) is 5.91 Å². The number of rotatable bonds is 7. The second kappa shape index (κ2) is 11.1. The van der Waals surface area contributed by atoms with Gasteiger partial charge >= 0.3 is 0 Å². The Hall–Kier alpha value is -4.46. The number of carbonyl (C=O) groups is 2. The van der Waals surface area contributed by atoms with Crippen LogP contribution in [0.25, 0.3) is 0 Å². The maximum atomic E-state index is 15.2. The van der Waals surface area contributed by atoms with Crippen molar-refractivity contribution in [3.8, 4) is 11.5 Å². The Balaban J connectivity index is 1.79. The van der Waals surface area contributed by atoms with Gasteiger partial charge in [-0.3, -0.25) is 14.6 Å². The van der Waals surface area contributed by atoms with E-state index in [2.05, 4.69) is 15.6 Å². The molecule has 0 aromatic heterocycles. The molecule has 1 heterocycles. The minimum Gasteiger partial charge on any atom is -0.495 e. The molecule has 2 amide bonds. The fourth-order valence-corrected chi connectivity index (χ4v) is 4.63. The number of para-hydroxylation sites is 4. The highest BCUT2D eigenvalue weighted by Gasteiger charge is 2.42. The number of nitrogens with one attached hydrogen (secondary N) is 2. The lowest BCUT2D eigenvalue weighted by Gasteiger charge is -2.33. The summed E-state index contributed by atoms with van der Waals surface area (Å²) in [5.41, 5.74) is 2.19. The molecule has 1 aliphatic rings. The van der Waals surface area contributed by atoms with Crippen LogP contribution in [0.15, 0.2) is 89.1 Å². The van der Waals surface area contributed by atoms with Crippen LogP contribution in [0.1, 0.15) is 25.3 Å². The summed E-state index contributed by atoms with van der Waals surface area (Å²) in [5, 5.41) is 5.74. The lowest BCUT2D eigenvalue weighted by molar-refractivity contribution is -0.118. The monoisotopic (exact) mass is 501 g/mol. The van der Waals surface area contributed by atoms with E-state index in [1.165, 1.54) is 20.3 Å². The van der Waals surface area contributed by atoms with Crippen LogP contribution in [-0.4, -0.2) is 31.7 Å². The molecular formula is C29H28FN3O4. The van der Waals surface area contributed by atoms with Crippen molar-refractivity contribution in [3.63, 3.8) is 0 Å². The number of benzene rings is 3. The summed E-state index contributed by atoms with van der Waals surface area (Å²) in [4.78, 5) is 32.0. The van der Waals surface area contributed by atoms with E-state index < -0.39 is 29.5 Å². The highest BCUT2D eigenvalue weighted by atomic mass is 19.1. The number of hydrogen-bond acceptors (Lipinski definition) is 5. The van der Waals surface area contributed by atoms with Gasteiger partial charge in [-0.15, -0.1) is 0 Å². The minimum absolute atomic E-state index is 0.196. The van der Waals surface area contributed by atoms with E-state index in [4.69, 9.17) is 9.47 Å². The van der Waals surface area contributed by atoms with Gasteiger partial charge in [0.15, 0.2) is 0 Å². The third-order valence-corrected chi connectivity index (χ3v) is 6.32. The first kappa shape index (κ1) is 25.6. The Morgan fingerprint density at radius 2 is 1.35 bits per heavy atom. The van der Waals surface area contributed by atoms with Crippen LogP contribution in [0.3, 0.4) is 0 Å². The number of allylic oxidation sites excluding steroid dienone is 1. The average Bonchev–Trinajstić information content (AvgIpc) is 2.89.